The Hall–Kier alpha value is -2.09. The number of benzene rings is 1. The lowest BCUT2D eigenvalue weighted by molar-refractivity contribution is 0.0939. The molecule has 156 valence electrons. The van der Waals surface area contributed by atoms with Gasteiger partial charge in [-0.05, 0) is 26.0 Å². The maximum Gasteiger partial charge on any atom is 0.258 e. The van der Waals surface area contributed by atoms with E-state index in [0.29, 0.717) is 28.1 Å². The smallest absolute Gasteiger partial charge is 0.258 e. The van der Waals surface area contributed by atoms with Crippen LogP contribution in [0.15, 0.2) is 24.4 Å². The van der Waals surface area contributed by atoms with Crippen LogP contribution >= 0.6 is 23.2 Å². The molecule has 1 amide bonds. The van der Waals surface area contributed by atoms with E-state index in [1.54, 1.807) is 0 Å². The zero-order valence-electron chi connectivity index (χ0n) is 16.8. The highest BCUT2D eigenvalue weighted by Gasteiger charge is 2.23. The van der Waals surface area contributed by atoms with Crippen molar-refractivity contribution in [1.29, 1.82) is 0 Å². The minimum atomic E-state index is -0.246. The molecule has 29 heavy (non-hydrogen) atoms. The molecule has 1 N–H and O–H groups in total. The van der Waals surface area contributed by atoms with Crippen LogP contribution < -0.4 is 15.0 Å². The van der Waals surface area contributed by atoms with Gasteiger partial charge in [-0.15, -0.1) is 0 Å². The van der Waals surface area contributed by atoms with Crippen LogP contribution in [0.4, 0.5) is 5.95 Å². The number of piperazine rings is 1. The van der Waals surface area contributed by atoms with Crippen molar-refractivity contribution in [2.24, 2.45) is 0 Å². The summed E-state index contributed by atoms with van der Waals surface area (Å²) in [5.74, 6) is 0.585. The van der Waals surface area contributed by atoms with Crippen LogP contribution in [0.5, 0.6) is 5.88 Å². The number of methoxy groups -OCH3 is 1. The van der Waals surface area contributed by atoms with Crippen LogP contribution in [0, 0.1) is 0 Å². The predicted octanol–water partition coefficient (Wildman–Crippen LogP) is 3.25. The molecular weight excluding hydrogens is 413 g/mol. The first kappa shape index (κ1) is 21.6. The van der Waals surface area contributed by atoms with Crippen LogP contribution in [-0.2, 0) is 6.54 Å². The summed E-state index contributed by atoms with van der Waals surface area (Å²) in [6, 6.07) is 5.58. The van der Waals surface area contributed by atoms with Crippen LogP contribution in [-0.4, -0.2) is 60.1 Å². The first-order chi connectivity index (χ1) is 13.9. The number of halogens is 2. The van der Waals surface area contributed by atoms with Crippen LogP contribution in [0.3, 0.4) is 0 Å². The molecule has 0 aliphatic carbocycles. The van der Waals surface area contributed by atoms with Crippen molar-refractivity contribution < 1.29 is 9.53 Å². The third kappa shape index (κ3) is 5.29. The summed E-state index contributed by atoms with van der Waals surface area (Å²) in [6.45, 7) is 7.64. The average molecular weight is 438 g/mol. The normalized spacial score (nSPS) is 14.9. The van der Waals surface area contributed by atoms with Crippen molar-refractivity contribution in [3.63, 3.8) is 0 Å². The topological polar surface area (TPSA) is 70.6 Å². The van der Waals surface area contributed by atoms with E-state index in [-0.39, 0.29) is 17.8 Å². The number of rotatable bonds is 6. The second-order valence-corrected chi connectivity index (χ2v) is 8.00. The number of nitrogens with zero attached hydrogens (tertiary/aromatic N) is 4. The molecule has 0 atom stereocenters. The summed E-state index contributed by atoms with van der Waals surface area (Å²) in [5.41, 5.74) is 1.28. The summed E-state index contributed by atoms with van der Waals surface area (Å²) in [7, 11) is 1.50. The first-order valence-corrected chi connectivity index (χ1v) is 10.3. The molecule has 2 heterocycles. The zero-order chi connectivity index (χ0) is 21.0. The van der Waals surface area contributed by atoms with Crippen molar-refractivity contribution in [2.75, 3.05) is 38.2 Å². The van der Waals surface area contributed by atoms with Crippen molar-refractivity contribution in [1.82, 2.24) is 20.2 Å². The molecule has 0 saturated carbocycles. The minimum Gasteiger partial charge on any atom is -0.480 e. The summed E-state index contributed by atoms with van der Waals surface area (Å²) in [6.07, 6.45) is 1.52. The lowest BCUT2D eigenvalue weighted by Crippen LogP contribution is -2.46. The van der Waals surface area contributed by atoms with Gasteiger partial charge in [0.15, 0.2) is 0 Å². The van der Waals surface area contributed by atoms with Gasteiger partial charge < -0.3 is 15.0 Å². The zero-order valence-corrected chi connectivity index (χ0v) is 18.3. The quantitative estimate of drug-likeness (QED) is 0.747. The molecule has 0 radical (unpaired) electrons. The number of hydrogen-bond donors (Lipinski definition) is 1. The second-order valence-electron chi connectivity index (χ2n) is 7.18. The molecule has 1 fully saturated rings. The number of hydrogen-bond acceptors (Lipinski definition) is 6. The molecular formula is C20H25Cl2N5O2. The minimum absolute atomic E-state index is 0.0200. The molecule has 1 aliphatic rings. The third-order valence-electron chi connectivity index (χ3n) is 4.70. The Morgan fingerprint density at radius 1 is 1.21 bits per heavy atom. The van der Waals surface area contributed by atoms with Gasteiger partial charge in [-0.25, -0.2) is 4.98 Å². The molecule has 0 spiro atoms. The maximum atomic E-state index is 12.3. The lowest BCUT2D eigenvalue weighted by Gasteiger charge is -2.35. The van der Waals surface area contributed by atoms with Crippen LogP contribution in [0.25, 0.3) is 0 Å². The fourth-order valence-corrected chi connectivity index (χ4v) is 3.69. The number of amides is 1. The third-order valence-corrected chi connectivity index (χ3v) is 5.41. The Bertz CT molecular complexity index is 850. The van der Waals surface area contributed by atoms with Crippen LogP contribution in [0.2, 0.25) is 10.0 Å². The standard InChI is InChI=1S/C20H25Cl2N5O2/c1-13(2)24-18(28)14-11-23-20(25-19(14)29-3)27-9-7-26(8-10-27)12-15-16(21)5-4-6-17(15)22/h4-6,11,13H,7-10,12H2,1-3H3,(H,24,28). The SMILES string of the molecule is COc1nc(N2CCN(Cc3c(Cl)cccc3Cl)CC2)ncc1C(=O)NC(C)C. The molecule has 3 rings (SSSR count). The van der Waals surface area contributed by atoms with Gasteiger partial charge >= 0.3 is 0 Å². The van der Waals surface area contributed by atoms with Crippen molar-refractivity contribution in [3.05, 3.63) is 45.6 Å². The fraction of sp³-hybridized carbons (Fsp3) is 0.450. The number of nitrogens with one attached hydrogen (secondary N) is 1. The Morgan fingerprint density at radius 2 is 1.86 bits per heavy atom. The van der Waals surface area contributed by atoms with Gasteiger partial charge in [-0.2, -0.15) is 4.98 Å². The van der Waals surface area contributed by atoms with E-state index in [2.05, 4.69) is 25.1 Å². The summed E-state index contributed by atoms with van der Waals surface area (Å²) in [5, 5.41) is 4.20. The molecule has 1 aromatic carbocycles. The molecule has 1 aliphatic heterocycles. The second kappa shape index (κ2) is 9.61. The highest BCUT2D eigenvalue weighted by molar-refractivity contribution is 6.35. The first-order valence-electron chi connectivity index (χ1n) is 9.51. The van der Waals surface area contributed by atoms with Gasteiger partial charge in [0.05, 0.1) is 7.11 Å². The molecule has 7 nitrogen and oxygen atoms in total. The highest BCUT2D eigenvalue weighted by atomic mass is 35.5. The van der Waals surface area contributed by atoms with Crippen molar-refractivity contribution in [2.45, 2.75) is 26.4 Å². The largest absolute Gasteiger partial charge is 0.480 e. The van der Waals surface area contributed by atoms with Crippen molar-refractivity contribution in [3.8, 4) is 5.88 Å². The summed E-state index contributed by atoms with van der Waals surface area (Å²) >= 11 is 12.6. The average Bonchev–Trinajstić information content (AvgIpc) is 2.70. The highest BCUT2D eigenvalue weighted by Crippen LogP contribution is 2.26. The van der Waals surface area contributed by atoms with Gasteiger partial charge in [-0.1, -0.05) is 29.3 Å². The molecule has 0 bridgehead atoms. The van der Waals surface area contributed by atoms with E-state index < -0.39 is 0 Å². The number of carbonyl (C=O) groups is 1. The maximum absolute atomic E-state index is 12.3. The Kier molecular flexibility index (Phi) is 7.16. The van der Waals surface area contributed by atoms with E-state index >= 15 is 0 Å². The number of carbonyl (C=O) groups excluding carboxylic acids is 1. The Balaban J connectivity index is 1.65. The monoisotopic (exact) mass is 437 g/mol. The van der Waals surface area contributed by atoms with E-state index in [9.17, 15) is 4.79 Å². The molecule has 0 unspecified atom stereocenters. The lowest BCUT2D eigenvalue weighted by atomic mass is 10.2. The van der Waals surface area contributed by atoms with Gasteiger partial charge in [-0.3, -0.25) is 9.69 Å². The molecule has 2 aromatic rings. The number of aromatic nitrogens is 2. The van der Waals surface area contributed by atoms with Crippen molar-refractivity contribution >= 4 is 35.1 Å². The Labute approximate surface area is 181 Å². The molecule has 9 heteroatoms. The van der Waals surface area contributed by atoms with E-state index in [1.807, 2.05) is 32.0 Å². The van der Waals surface area contributed by atoms with E-state index in [4.69, 9.17) is 27.9 Å². The van der Waals surface area contributed by atoms with Gasteiger partial charge in [0.1, 0.15) is 5.56 Å². The van der Waals surface area contributed by atoms with E-state index in [0.717, 1.165) is 31.7 Å². The van der Waals surface area contributed by atoms with E-state index in [1.165, 1.54) is 13.3 Å². The van der Waals surface area contributed by atoms with Gasteiger partial charge in [0.2, 0.25) is 11.8 Å². The Morgan fingerprint density at radius 3 is 2.45 bits per heavy atom. The summed E-state index contributed by atoms with van der Waals surface area (Å²) < 4.78 is 5.33. The predicted molar refractivity (Wildman–Crippen MR) is 115 cm³/mol. The summed E-state index contributed by atoms with van der Waals surface area (Å²) in [4.78, 5) is 25.5. The number of ether oxygens (including phenoxy) is 1. The van der Waals surface area contributed by atoms with Crippen LogP contribution in [0.1, 0.15) is 29.8 Å². The fourth-order valence-electron chi connectivity index (χ4n) is 3.17. The number of anilines is 1. The van der Waals surface area contributed by atoms with Gasteiger partial charge in [0.25, 0.3) is 5.91 Å². The molecule has 1 aromatic heterocycles. The molecule has 1 saturated heterocycles. The van der Waals surface area contributed by atoms with Gasteiger partial charge in [0, 0.05) is 60.6 Å².